The van der Waals surface area contributed by atoms with Gasteiger partial charge in [0.15, 0.2) is 0 Å². The summed E-state index contributed by atoms with van der Waals surface area (Å²) < 4.78 is 1.78. The van der Waals surface area contributed by atoms with E-state index in [0.29, 0.717) is 35.3 Å². The first-order chi connectivity index (χ1) is 19.5. The maximum atomic E-state index is 12.6. The number of fused-ring (bicyclic) bond motifs is 2. The molecule has 0 saturated heterocycles. The molecule has 0 saturated carbocycles. The van der Waals surface area contributed by atoms with Crippen LogP contribution in [0.3, 0.4) is 0 Å². The maximum Gasteiger partial charge on any atom is 0.261 e. The Bertz CT molecular complexity index is 1130. The number of unbranched alkanes of at least 4 members (excludes halogenated alkanes) is 4. The molecule has 8 nitrogen and oxygen atoms in total. The Kier molecular flexibility index (Phi) is 13.7. The number of nitrogens with zero attached hydrogens (tertiary/aromatic N) is 4. The van der Waals surface area contributed by atoms with E-state index in [1.165, 1.54) is 41.9 Å². The van der Waals surface area contributed by atoms with E-state index in [2.05, 4.69) is 28.2 Å². The van der Waals surface area contributed by atoms with Crippen LogP contribution in [0.5, 0.6) is 0 Å². The second-order valence-corrected chi connectivity index (χ2v) is 12.9. The number of benzene rings is 2. The molecule has 0 radical (unpaired) electrons. The van der Waals surface area contributed by atoms with Gasteiger partial charge in [-0.05, 0) is 49.9 Å². The highest BCUT2D eigenvalue weighted by atomic mass is 79.9. The predicted molar refractivity (Wildman–Crippen MR) is 160 cm³/mol. The maximum absolute atomic E-state index is 12.6. The fourth-order valence-corrected chi connectivity index (χ4v) is 6.03. The van der Waals surface area contributed by atoms with Crippen LogP contribution in [0, 0.1) is 0 Å². The lowest BCUT2D eigenvalue weighted by molar-refractivity contribution is -0.890. The largest absolute Gasteiger partial charge is 1.00 e. The topological polar surface area (TPSA) is 74.8 Å². The van der Waals surface area contributed by atoms with E-state index >= 15 is 0 Å². The van der Waals surface area contributed by atoms with Crippen molar-refractivity contribution in [2.24, 2.45) is 0 Å². The molecule has 2 aromatic rings. The van der Waals surface area contributed by atoms with E-state index in [-0.39, 0.29) is 57.6 Å². The van der Waals surface area contributed by atoms with Crippen molar-refractivity contribution >= 4 is 23.6 Å². The van der Waals surface area contributed by atoms with Crippen LogP contribution >= 0.6 is 0 Å². The van der Waals surface area contributed by atoms with Crippen molar-refractivity contribution in [3.63, 3.8) is 0 Å². The monoisotopic (exact) mass is 720 g/mol. The predicted octanol–water partition coefficient (Wildman–Crippen LogP) is -1.53. The molecule has 0 bridgehead atoms. The minimum Gasteiger partial charge on any atom is -1.00 e. The highest BCUT2D eigenvalue weighted by molar-refractivity contribution is 6.22. The van der Waals surface area contributed by atoms with Crippen LogP contribution in [-0.2, 0) is 0 Å². The van der Waals surface area contributed by atoms with Crippen molar-refractivity contribution in [3.8, 4) is 0 Å². The molecule has 236 valence electrons. The highest BCUT2D eigenvalue weighted by Gasteiger charge is 2.36. The molecule has 0 aliphatic carbocycles. The fraction of sp³-hybridized carbons (Fsp3) is 0.515. The minimum atomic E-state index is -0.166. The molecule has 0 unspecified atom stereocenters. The second-order valence-electron chi connectivity index (χ2n) is 12.9. The minimum absolute atomic E-state index is 0. The summed E-state index contributed by atoms with van der Waals surface area (Å²) in [5.41, 5.74) is 2.09. The smallest absolute Gasteiger partial charge is 0.261 e. The van der Waals surface area contributed by atoms with Crippen molar-refractivity contribution in [3.05, 3.63) is 70.8 Å². The van der Waals surface area contributed by atoms with Crippen molar-refractivity contribution in [1.82, 2.24) is 9.80 Å². The molecular weight excluding hydrogens is 676 g/mol. The quantitative estimate of drug-likeness (QED) is 0.120. The highest BCUT2D eigenvalue weighted by Crippen LogP contribution is 2.24. The molecule has 0 N–H and O–H groups in total. The van der Waals surface area contributed by atoms with Gasteiger partial charge in [-0.2, -0.15) is 0 Å². The SMILES string of the molecule is C[N+](C)(CCCCCCC[N+](C)(C)CCCN1C(=O)c2ccccc2C1=O)CCCN1C(=O)c2ccccc2C1=O.[Br-].[Br-]. The Labute approximate surface area is 277 Å². The number of halogens is 2. The zero-order chi connectivity index (χ0) is 29.6. The summed E-state index contributed by atoms with van der Waals surface area (Å²) in [6, 6.07) is 14.1. The van der Waals surface area contributed by atoms with Gasteiger partial charge < -0.3 is 42.9 Å². The van der Waals surface area contributed by atoms with Gasteiger partial charge in [-0.1, -0.05) is 30.7 Å². The van der Waals surface area contributed by atoms with Gasteiger partial charge in [0.05, 0.1) is 76.6 Å². The van der Waals surface area contributed by atoms with Crippen LogP contribution in [0.2, 0.25) is 0 Å². The summed E-state index contributed by atoms with van der Waals surface area (Å²) in [6.45, 7) is 4.98. The van der Waals surface area contributed by atoms with Crippen molar-refractivity contribution < 1.29 is 62.1 Å². The summed E-state index contributed by atoms with van der Waals surface area (Å²) in [6.07, 6.45) is 7.55. The molecule has 2 aliphatic heterocycles. The summed E-state index contributed by atoms with van der Waals surface area (Å²) in [5.74, 6) is -0.665. The van der Waals surface area contributed by atoms with E-state index in [0.717, 1.165) is 48.0 Å². The number of quaternary nitrogens is 2. The van der Waals surface area contributed by atoms with Crippen LogP contribution < -0.4 is 34.0 Å². The van der Waals surface area contributed by atoms with Crippen LogP contribution in [0.4, 0.5) is 0 Å². The summed E-state index contributed by atoms with van der Waals surface area (Å²) in [7, 11) is 8.91. The Hall–Kier alpha value is -2.40. The van der Waals surface area contributed by atoms with Crippen LogP contribution in [-0.4, -0.2) is 110 Å². The Balaban J connectivity index is 0.00000323. The van der Waals surface area contributed by atoms with Crippen LogP contribution in [0.15, 0.2) is 48.5 Å². The van der Waals surface area contributed by atoms with E-state index in [4.69, 9.17) is 0 Å². The van der Waals surface area contributed by atoms with Gasteiger partial charge in [-0.3, -0.25) is 29.0 Å². The number of imide groups is 2. The molecule has 0 aromatic heterocycles. The standard InChI is InChI=1S/C33H46N4O4.2BrH/c1-36(2,24-14-20-34-30(38)26-16-8-9-17-27(26)31(34)39)22-12-6-5-7-13-23-37(3,4)25-15-21-35-32(40)28-18-10-11-19-29(28)33(35)41;;/h8-11,16-19H,5-7,12-15,20-25H2,1-4H3;2*1H/q+2;;/p-2. The molecule has 2 aromatic carbocycles. The number of hydrogen-bond donors (Lipinski definition) is 0. The first kappa shape index (κ1) is 36.8. The molecule has 2 aliphatic rings. The molecular formula is C33H46Br2N4O4. The second kappa shape index (κ2) is 16.1. The van der Waals surface area contributed by atoms with Crippen molar-refractivity contribution in [2.75, 3.05) is 67.5 Å². The van der Waals surface area contributed by atoms with Crippen molar-refractivity contribution in [2.45, 2.75) is 44.9 Å². The summed E-state index contributed by atoms with van der Waals surface area (Å²) in [4.78, 5) is 53.0. The Morgan fingerprint density at radius 1 is 0.442 bits per heavy atom. The normalized spacial score (nSPS) is 14.5. The van der Waals surface area contributed by atoms with Gasteiger partial charge in [0.25, 0.3) is 23.6 Å². The first-order valence-corrected chi connectivity index (χ1v) is 15.1. The Morgan fingerprint density at radius 2 is 0.698 bits per heavy atom. The molecule has 4 rings (SSSR count). The lowest BCUT2D eigenvalue weighted by Gasteiger charge is -2.31. The fourth-order valence-electron chi connectivity index (χ4n) is 6.03. The number of amides is 4. The number of hydrogen-bond acceptors (Lipinski definition) is 4. The van der Waals surface area contributed by atoms with Gasteiger partial charge in [0.2, 0.25) is 0 Å². The Morgan fingerprint density at radius 3 is 1.00 bits per heavy atom. The average molecular weight is 723 g/mol. The molecule has 0 fully saturated rings. The zero-order valence-electron chi connectivity index (χ0n) is 26.0. The molecule has 10 heteroatoms. The van der Waals surface area contributed by atoms with Crippen molar-refractivity contribution in [1.29, 1.82) is 0 Å². The molecule has 2 heterocycles. The third kappa shape index (κ3) is 9.30. The summed E-state index contributed by atoms with van der Waals surface area (Å²) >= 11 is 0. The number of carbonyl (C=O) groups excluding carboxylic acids is 4. The van der Waals surface area contributed by atoms with Gasteiger partial charge in [-0.15, -0.1) is 0 Å². The average Bonchev–Trinajstić information content (AvgIpc) is 3.33. The zero-order valence-corrected chi connectivity index (χ0v) is 29.2. The van der Waals surface area contributed by atoms with Gasteiger partial charge in [0, 0.05) is 25.9 Å². The van der Waals surface area contributed by atoms with Crippen LogP contribution in [0.25, 0.3) is 0 Å². The third-order valence-electron chi connectivity index (χ3n) is 8.57. The first-order valence-electron chi connectivity index (χ1n) is 15.1. The molecule has 0 atom stereocenters. The van der Waals surface area contributed by atoms with E-state index in [1.54, 1.807) is 48.5 Å². The lowest BCUT2D eigenvalue weighted by atomic mass is 10.1. The number of carbonyl (C=O) groups is 4. The van der Waals surface area contributed by atoms with E-state index in [9.17, 15) is 19.2 Å². The lowest BCUT2D eigenvalue weighted by Crippen LogP contribution is -3.00. The van der Waals surface area contributed by atoms with Gasteiger partial charge in [-0.25, -0.2) is 0 Å². The van der Waals surface area contributed by atoms with E-state index < -0.39 is 0 Å². The number of rotatable bonds is 16. The molecule has 0 spiro atoms. The summed E-state index contributed by atoms with van der Waals surface area (Å²) in [5, 5.41) is 0. The van der Waals surface area contributed by atoms with Gasteiger partial charge >= 0.3 is 0 Å². The third-order valence-corrected chi connectivity index (χ3v) is 8.57. The van der Waals surface area contributed by atoms with Crippen LogP contribution in [0.1, 0.15) is 86.4 Å². The van der Waals surface area contributed by atoms with Gasteiger partial charge in [0.1, 0.15) is 0 Å². The van der Waals surface area contributed by atoms with E-state index in [1.807, 2.05) is 0 Å². The molecule has 4 amide bonds. The molecule has 43 heavy (non-hydrogen) atoms.